The van der Waals surface area contributed by atoms with Crippen LogP contribution >= 0.6 is 0 Å². The molecule has 21 heavy (non-hydrogen) atoms. The molecule has 1 aromatic rings. The maximum Gasteiger partial charge on any atom is 0.335 e. The Kier molecular flexibility index (Phi) is 4.94. The molecular formula is C16H21NO4. The number of hydrogen-bond acceptors (Lipinski definition) is 3. The summed E-state index contributed by atoms with van der Waals surface area (Å²) in [5, 5.41) is 20.2. The number of nitrogens with zero attached hydrogens (tertiary/aromatic N) is 1. The first-order valence-electron chi connectivity index (χ1n) is 7.54. The lowest BCUT2D eigenvalue weighted by Crippen LogP contribution is -2.14. The Labute approximate surface area is 124 Å². The fraction of sp³-hybridized carbons (Fsp3) is 0.562. The topological polar surface area (TPSA) is 80.4 Å². The van der Waals surface area contributed by atoms with E-state index < -0.39 is 10.9 Å². The lowest BCUT2D eigenvalue weighted by atomic mass is 9.77. The molecule has 0 aliphatic heterocycles. The van der Waals surface area contributed by atoms with E-state index in [4.69, 9.17) is 5.11 Å². The van der Waals surface area contributed by atoms with Crippen LogP contribution in [-0.4, -0.2) is 16.0 Å². The third-order valence-corrected chi connectivity index (χ3v) is 4.46. The van der Waals surface area contributed by atoms with Crippen molar-refractivity contribution >= 4 is 11.7 Å². The molecule has 1 aliphatic rings. The van der Waals surface area contributed by atoms with Crippen molar-refractivity contribution in [3.8, 4) is 0 Å². The van der Waals surface area contributed by atoms with E-state index in [1.807, 2.05) is 0 Å². The molecule has 0 bridgehead atoms. The highest BCUT2D eigenvalue weighted by Crippen LogP contribution is 2.40. The van der Waals surface area contributed by atoms with Gasteiger partial charge in [-0.25, -0.2) is 4.79 Å². The van der Waals surface area contributed by atoms with Gasteiger partial charge in [0.2, 0.25) is 0 Å². The van der Waals surface area contributed by atoms with E-state index in [2.05, 4.69) is 6.92 Å². The number of nitro benzene ring substituents is 1. The molecule has 1 aliphatic carbocycles. The Hall–Kier alpha value is -1.91. The van der Waals surface area contributed by atoms with E-state index in [9.17, 15) is 14.9 Å². The molecule has 0 aromatic heterocycles. The van der Waals surface area contributed by atoms with E-state index in [-0.39, 0.29) is 17.2 Å². The van der Waals surface area contributed by atoms with Crippen LogP contribution in [-0.2, 0) is 0 Å². The van der Waals surface area contributed by atoms with Gasteiger partial charge in [-0.15, -0.1) is 0 Å². The highest BCUT2D eigenvalue weighted by molar-refractivity contribution is 5.88. The zero-order valence-corrected chi connectivity index (χ0v) is 12.2. The quantitative estimate of drug-likeness (QED) is 0.645. The number of carboxylic acid groups (broad SMARTS) is 1. The van der Waals surface area contributed by atoms with Crippen molar-refractivity contribution in [3.05, 3.63) is 39.4 Å². The minimum absolute atomic E-state index is 0.0230. The summed E-state index contributed by atoms with van der Waals surface area (Å²) >= 11 is 0. The van der Waals surface area contributed by atoms with Gasteiger partial charge >= 0.3 is 5.97 Å². The van der Waals surface area contributed by atoms with Gasteiger partial charge in [-0.3, -0.25) is 10.1 Å². The Morgan fingerprint density at radius 1 is 1.33 bits per heavy atom. The van der Waals surface area contributed by atoms with Crippen LogP contribution in [0.15, 0.2) is 18.2 Å². The summed E-state index contributed by atoms with van der Waals surface area (Å²) in [5.41, 5.74) is 0.624. The maximum absolute atomic E-state index is 11.2. The Morgan fingerprint density at radius 2 is 2.00 bits per heavy atom. The second-order valence-electron chi connectivity index (χ2n) is 5.84. The van der Waals surface area contributed by atoms with Crippen LogP contribution in [0.5, 0.6) is 0 Å². The fourth-order valence-electron chi connectivity index (χ4n) is 3.35. The first kappa shape index (κ1) is 15.5. The van der Waals surface area contributed by atoms with Crippen molar-refractivity contribution in [1.82, 2.24) is 0 Å². The summed E-state index contributed by atoms with van der Waals surface area (Å²) in [6.45, 7) is 2.18. The minimum Gasteiger partial charge on any atom is -0.478 e. The van der Waals surface area contributed by atoms with Crippen LogP contribution in [0, 0.1) is 16.0 Å². The maximum atomic E-state index is 11.2. The zero-order valence-electron chi connectivity index (χ0n) is 12.2. The summed E-state index contributed by atoms with van der Waals surface area (Å²) in [4.78, 5) is 21.7. The zero-order chi connectivity index (χ0) is 15.4. The molecular weight excluding hydrogens is 270 g/mol. The molecule has 2 rings (SSSR count). The number of aromatic carboxylic acids is 1. The lowest BCUT2D eigenvalue weighted by molar-refractivity contribution is -0.385. The van der Waals surface area contributed by atoms with Crippen molar-refractivity contribution in [2.45, 2.75) is 51.4 Å². The monoisotopic (exact) mass is 291 g/mol. The van der Waals surface area contributed by atoms with E-state index in [1.165, 1.54) is 25.0 Å². The number of carbonyl (C=O) groups is 1. The summed E-state index contributed by atoms with van der Waals surface area (Å²) in [7, 11) is 0. The van der Waals surface area contributed by atoms with Gasteiger partial charge in [0.05, 0.1) is 10.5 Å². The van der Waals surface area contributed by atoms with E-state index in [1.54, 1.807) is 6.07 Å². The Morgan fingerprint density at radius 3 is 2.52 bits per heavy atom. The number of hydrogen-bond donors (Lipinski definition) is 1. The molecule has 5 nitrogen and oxygen atoms in total. The average Bonchev–Trinajstić information content (AvgIpc) is 2.47. The molecule has 114 valence electrons. The minimum atomic E-state index is -1.13. The molecule has 0 amide bonds. The lowest BCUT2D eigenvalue weighted by Gasteiger charge is -2.28. The van der Waals surface area contributed by atoms with Gasteiger partial charge in [0.25, 0.3) is 5.69 Å². The highest BCUT2D eigenvalue weighted by Gasteiger charge is 2.28. The first-order chi connectivity index (χ1) is 10.0. The van der Waals surface area contributed by atoms with Crippen LogP contribution in [0.1, 0.15) is 67.3 Å². The summed E-state index contributed by atoms with van der Waals surface area (Å²) in [5.74, 6) is -0.207. The number of benzene rings is 1. The highest BCUT2D eigenvalue weighted by atomic mass is 16.6. The molecule has 0 atom stereocenters. The normalized spacial score (nSPS) is 22.0. The van der Waals surface area contributed by atoms with Crippen LogP contribution in [0.2, 0.25) is 0 Å². The van der Waals surface area contributed by atoms with Crippen molar-refractivity contribution in [2.75, 3.05) is 0 Å². The molecule has 0 spiro atoms. The van der Waals surface area contributed by atoms with Gasteiger partial charge < -0.3 is 5.11 Å². The Bertz CT molecular complexity index is 533. The predicted octanol–water partition coefficient (Wildman–Crippen LogP) is 4.37. The van der Waals surface area contributed by atoms with E-state index >= 15 is 0 Å². The molecule has 1 aromatic carbocycles. The van der Waals surface area contributed by atoms with Gasteiger partial charge in [-0.2, -0.15) is 0 Å². The summed E-state index contributed by atoms with van der Waals surface area (Å²) in [6.07, 6.45) is 6.54. The van der Waals surface area contributed by atoms with Crippen LogP contribution < -0.4 is 0 Å². The molecule has 0 unspecified atom stereocenters. The van der Waals surface area contributed by atoms with Gasteiger partial charge in [0, 0.05) is 11.6 Å². The van der Waals surface area contributed by atoms with Gasteiger partial charge in [0.15, 0.2) is 0 Å². The number of nitro groups is 1. The molecule has 0 saturated heterocycles. The van der Waals surface area contributed by atoms with Gasteiger partial charge in [-0.05, 0) is 43.6 Å². The molecule has 1 N–H and O–H groups in total. The third kappa shape index (κ3) is 3.60. The van der Waals surface area contributed by atoms with Crippen molar-refractivity contribution < 1.29 is 14.8 Å². The number of carboxylic acids is 1. The summed E-state index contributed by atoms with van der Waals surface area (Å²) in [6, 6.07) is 4.30. The van der Waals surface area contributed by atoms with Crippen molar-refractivity contribution in [3.63, 3.8) is 0 Å². The van der Waals surface area contributed by atoms with Crippen molar-refractivity contribution in [1.29, 1.82) is 0 Å². The molecule has 0 radical (unpaired) electrons. The molecule has 0 heterocycles. The predicted molar refractivity (Wildman–Crippen MR) is 79.7 cm³/mol. The average molecular weight is 291 g/mol. The van der Waals surface area contributed by atoms with Gasteiger partial charge in [-0.1, -0.05) is 25.8 Å². The van der Waals surface area contributed by atoms with Gasteiger partial charge in [0.1, 0.15) is 0 Å². The summed E-state index contributed by atoms with van der Waals surface area (Å²) < 4.78 is 0. The largest absolute Gasteiger partial charge is 0.478 e. The molecule has 1 fully saturated rings. The van der Waals surface area contributed by atoms with Crippen LogP contribution in [0.4, 0.5) is 5.69 Å². The van der Waals surface area contributed by atoms with Crippen LogP contribution in [0.25, 0.3) is 0 Å². The number of rotatable bonds is 5. The van der Waals surface area contributed by atoms with E-state index in [0.717, 1.165) is 31.6 Å². The fourth-order valence-corrected chi connectivity index (χ4v) is 3.35. The first-order valence-corrected chi connectivity index (χ1v) is 7.54. The van der Waals surface area contributed by atoms with Crippen molar-refractivity contribution in [2.24, 2.45) is 5.92 Å². The smallest absolute Gasteiger partial charge is 0.335 e. The Balaban J connectivity index is 2.20. The molecule has 1 saturated carbocycles. The van der Waals surface area contributed by atoms with E-state index in [0.29, 0.717) is 5.56 Å². The SMILES string of the molecule is CCCC1CCC(c2ccc(C(=O)O)cc2[N+](=O)[O-])CC1. The molecule has 5 heteroatoms. The second kappa shape index (κ2) is 6.70. The third-order valence-electron chi connectivity index (χ3n) is 4.46. The standard InChI is InChI=1S/C16H21NO4/c1-2-3-11-4-6-12(7-5-11)14-9-8-13(16(18)19)10-15(14)17(20)21/h8-12H,2-7H2,1H3,(H,18,19). The second-order valence-corrected chi connectivity index (χ2v) is 5.84. The van der Waals surface area contributed by atoms with Crippen LogP contribution in [0.3, 0.4) is 0 Å².